The van der Waals surface area contributed by atoms with E-state index in [2.05, 4.69) is 33.0 Å². The Labute approximate surface area is 65.2 Å². The number of nitrogens with one attached hydrogen (secondary N) is 1. The summed E-state index contributed by atoms with van der Waals surface area (Å²) in [6.07, 6.45) is 1.28. The van der Waals surface area contributed by atoms with Crippen molar-refractivity contribution in [1.29, 1.82) is 0 Å². The van der Waals surface area contributed by atoms with E-state index in [1.165, 1.54) is 6.42 Å². The molecule has 10 heavy (non-hydrogen) atoms. The van der Waals surface area contributed by atoms with Gasteiger partial charge in [-0.25, -0.2) is 0 Å². The molecule has 1 N–H and O–H groups in total. The van der Waals surface area contributed by atoms with Gasteiger partial charge in [0.15, 0.2) is 0 Å². The van der Waals surface area contributed by atoms with Gasteiger partial charge in [-0.3, -0.25) is 0 Å². The van der Waals surface area contributed by atoms with Crippen molar-refractivity contribution in [2.24, 2.45) is 11.8 Å². The monoisotopic (exact) mass is 143 g/mol. The molecule has 0 amide bonds. The molecule has 0 aliphatic rings. The lowest BCUT2D eigenvalue weighted by molar-refractivity contribution is 0.302. The molecule has 1 nitrogen and oxygen atoms in total. The lowest BCUT2D eigenvalue weighted by Gasteiger charge is -2.24. The molecule has 0 saturated carbocycles. The van der Waals surface area contributed by atoms with Crippen LogP contribution in [0.3, 0.4) is 0 Å². The molecule has 3 unspecified atom stereocenters. The smallest absolute Gasteiger partial charge is 0.00639 e. The molecule has 0 spiro atoms. The second-order valence-corrected chi connectivity index (χ2v) is 3.32. The SMILES string of the molecule is CCC(C)C(C)C(C)NC. The number of hydrogen-bond donors (Lipinski definition) is 1. The summed E-state index contributed by atoms with van der Waals surface area (Å²) >= 11 is 0. The average Bonchev–Trinajstić information content (AvgIpc) is 2.00. The normalized spacial score (nSPS) is 20.1. The minimum Gasteiger partial charge on any atom is -0.317 e. The second kappa shape index (κ2) is 4.73. The third kappa shape index (κ3) is 2.70. The van der Waals surface area contributed by atoms with Crippen molar-refractivity contribution >= 4 is 0 Å². The van der Waals surface area contributed by atoms with Crippen molar-refractivity contribution in [3.63, 3.8) is 0 Å². The van der Waals surface area contributed by atoms with E-state index in [-0.39, 0.29) is 0 Å². The highest BCUT2D eigenvalue weighted by Gasteiger charge is 2.15. The van der Waals surface area contributed by atoms with Crippen LogP contribution in [-0.2, 0) is 0 Å². The summed E-state index contributed by atoms with van der Waals surface area (Å²) in [7, 11) is 2.03. The van der Waals surface area contributed by atoms with Crippen LogP contribution in [0, 0.1) is 11.8 Å². The predicted octanol–water partition coefficient (Wildman–Crippen LogP) is 2.28. The first kappa shape index (κ1) is 9.96. The van der Waals surface area contributed by atoms with Crippen molar-refractivity contribution in [1.82, 2.24) is 5.32 Å². The molecule has 0 aromatic heterocycles. The maximum Gasteiger partial charge on any atom is 0.00639 e. The van der Waals surface area contributed by atoms with Crippen LogP contribution in [0.15, 0.2) is 0 Å². The van der Waals surface area contributed by atoms with Gasteiger partial charge < -0.3 is 5.32 Å². The van der Waals surface area contributed by atoms with Crippen LogP contribution in [0.1, 0.15) is 34.1 Å². The third-order valence-electron chi connectivity index (χ3n) is 2.79. The fraction of sp³-hybridized carbons (Fsp3) is 1.00. The summed E-state index contributed by atoms with van der Waals surface area (Å²) in [5.41, 5.74) is 0. The van der Waals surface area contributed by atoms with Crippen LogP contribution in [0.2, 0.25) is 0 Å². The molecule has 0 heterocycles. The van der Waals surface area contributed by atoms with Crippen LogP contribution >= 0.6 is 0 Å². The van der Waals surface area contributed by atoms with E-state index in [1.807, 2.05) is 7.05 Å². The molecule has 3 atom stereocenters. The standard InChI is InChI=1S/C9H21N/c1-6-7(2)8(3)9(4)10-5/h7-10H,6H2,1-5H3. The molecular weight excluding hydrogens is 122 g/mol. The molecule has 0 saturated heterocycles. The summed E-state index contributed by atoms with van der Waals surface area (Å²) in [5, 5.41) is 3.28. The van der Waals surface area contributed by atoms with E-state index < -0.39 is 0 Å². The molecule has 0 aromatic carbocycles. The van der Waals surface area contributed by atoms with Gasteiger partial charge in [0.05, 0.1) is 0 Å². The van der Waals surface area contributed by atoms with Gasteiger partial charge in [0, 0.05) is 6.04 Å². The van der Waals surface area contributed by atoms with Gasteiger partial charge in [-0.15, -0.1) is 0 Å². The molecule has 62 valence electrons. The number of hydrogen-bond acceptors (Lipinski definition) is 1. The van der Waals surface area contributed by atoms with Crippen molar-refractivity contribution in [3.05, 3.63) is 0 Å². The van der Waals surface area contributed by atoms with Crippen molar-refractivity contribution in [2.45, 2.75) is 40.2 Å². The van der Waals surface area contributed by atoms with Gasteiger partial charge in [0.1, 0.15) is 0 Å². The largest absolute Gasteiger partial charge is 0.317 e. The maximum atomic E-state index is 3.28. The Morgan fingerprint density at radius 3 is 2.00 bits per heavy atom. The molecule has 0 aliphatic carbocycles. The average molecular weight is 143 g/mol. The van der Waals surface area contributed by atoms with Crippen molar-refractivity contribution in [2.75, 3.05) is 7.05 Å². The maximum absolute atomic E-state index is 3.28. The summed E-state index contributed by atoms with van der Waals surface area (Å²) in [4.78, 5) is 0. The van der Waals surface area contributed by atoms with E-state index in [4.69, 9.17) is 0 Å². The van der Waals surface area contributed by atoms with Crippen LogP contribution in [0.25, 0.3) is 0 Å². The Kier molecular flexibility index (Phi) is 4.71. The second-order valence-electron chi connectivity index (χ2n) is 3.32. The molecule has 0 fully saturated rings. The Bertz CT molecular complexity index is 70.8. The zero-order valence-corrected chi connectivity index (χ0v) is 7.94. The third-order valence-corrected chi connectivity index (χ3v) is 2.79. The van der Waals surface area contributed by atoms with Crippen LogP contribution in [-0.4, -0.2) is 13.1 Å². The lowest BCUT2D eigenvalue weighted by atomic mass is 9.88. The fourth-order valence-electron chi connectivity index (χ4n) is 1.13. The molecule has 0 radical (unpaired) electrons. The van der Waals surface area contributed by atoms with Gasteiger partial charge in [-0.2, -0.15) is 0 Å². The zero-order valence-electron chi connectivity index (χ0n) is 7.94. The fourth-order valence-corrected chi connectivity index (χ4v) is 1.13. The minimum atomic E-state index is 0.648. The molecule has 0 aromatic rings. The van der Waals surface area contributed by atoms with E-state index in [9.17, 15) is 0 Å². The van der Waals surface area contributed by atoms with Gasteiger partial charge in [-0.05, 0) is 25.8 Å². The summed E-state index contributed by atoms with van der Waals surface area (Å²) < 4.78 is 0. The lowest BCUT2D eigenvalue weighted by Crippen LogP contribution is -2.32. The van der Waals surface area contributed by atoms with E-state index in [0.717, 1.165) is 11.8 Å². The zero-order chi connectivity index (χ0) is 8.15. The van der Waals surface area contributed by atoms with Crippen LogP contribution < -0.4 is 5.32 Å². The highest BCUT2D eigenvalue weighted by atomic mass is 14.9. The topological polar surface area (TPSA) is 12.0 Å². The Balaban J connectivity index is 3.69. The highest BCUT2D eigenvalue weighted by Crippen LogP contribution is 2.17. The summed E-state index contributed by atoms with van der Waals surface area (Å²) in [6.45, 7) is 9.13. The highest BCUT2D eigenvalue weighted by molar-refractivity contribution is 4.70. The molecular formula is C9H21N. The Morgan fingerprint density at radius 2 is 1.70 bits per heavy atom. The summed E-state index contributed by atoms with van der Waals surface area (Å²) in [5.74, 6) is 1.62. The molecule has 0 rings (SSSR count). The molecule has 0 bridgehead atoms. The van der Waals surface area contributed by atoms with Crippen LogP contribution in [0.4, 0.5) is 0 Å². The minimum absolute atomic E-state index is 0.648. The van der Waals surface area contributed by atoms with E-state index >= 15 is 0 Å². The first-order valence-corrected chi connectivity index (χ1v) is 4.30. The predicted molar refractivity (Wildman–Crippen MR) is 47.1 cm³/mol. The van der Waals surface area contributed by atoms with Gasteiger partial charge >= 0.3 is 0 Å². The van der Waals surface area contributed by atoms with Crippen molar-refractivity contribution in [3.8, 4) is 0 Å². The first-order chi connectivity index (χ1) is 4.63. The summed E-state index contributed by atoms with van der Waals surface area (Å²) in [6, 6.07) is 0.648. The van der Waals surface area contributed by atoms with Gasteiger partial charge in [-0.1, -0.05) is 27.2 Å². The molecule has 0 aliphatic heterocycles. The quantitative estimate of drug-likeness (QED) is 0.636. The van der Waals surface area contributed by atoms with Gasteiger partial charge in [0.25, 0.3) is 0 Å². The van der Waals surface area contributed by atoms with E-state index in [0.29, 0.717) is 6.04 Å². The Hall–Kier alpha value is -0.0400. The number of rotatable bonds is 4. The Morgan fingerprint density at radius 1 is 1.20 bits per heavy atom. The molecule has 1 heteroatoms. The first-order valence-electron chi connectivity index (χ1n) is 4.30. The van der Waals surface area contributed by atoms with Crippen molar-refractivity contribution < 1.29 is 0 Å². The van der Waals surface area contributed by atoms with E-state index in [1.54, 1.807) is 0 Å². The van der Waals surface area contributed by atoms with Gasteiger partial charge in [0.2, 0.25) is 0 Å². The van der Waals surface area contributed by atoms with Crippen LogP contribution in [0.5, 0.6) is 0 Å².